The predicted octanol–water partition coefficient (Wildman–Crippen LogP) is 3.91. The first kappa shape index (κ1) is 21.1. The Hall–Kier alpha value is -1.64. The van der Waals surface area contributed by atoms with Crippen LogP contribution in [0.1, 0.15) is 50.5 Å². The summed E-state index contributed by atoms with van der Waals surface area (Å²) in [5.74, 6) is 3.62. The van der Waals surface area contributed by atoms with Crippen LogP contribution in [0.15, 0.2) is 41.8 Å². The molecule has 6 nitrogen and oxygen atoms in total. The molecule has 2 saturated carbocycles. The second kappa shape index (κ2) is 10.2. The van der Waals surface area contributed by atoms with Crippen LogP contribution in [0.25, 0.3) is 5.82 Å². The van der Waals surface area contributed by atoms with E-state index in [9.17, 15) is 0 Å². The van der Waals surface area contributed by atoms with Crippen molar-refractivity contribution in [3.8, 4) is 5.82 Å². The second-order valence-corrected chi connectivity index (χ2v) is 7.86. The van der Waals surface area contributed by atoms with Gasteiger partial charge in [-0.1, -0.05) is 25.7 Å². The molecule has 2 heterocycles. The molecular formula is C21H31IN6. The first-order valence-electron chi connectivity index (χ1n) is 10.2. The Kier molecular flexibility index (Phi) is 7.70. The molecule has 2 aromatic heterocycles. The third kappa shape index (κ3) is 5.24. The highest BCUT2D eigenvalue weighted by Gasteiger charge is 2.32. The highest BCUT2D eigenvalue weighted by molar-refractivity contribution is 14.0. The van der Waals surface area contributed by atoms with Crippen LogP contribution in [0, 0.1) is 11.8 Å². The molecule has 2 aliphatic rings. The summed E-state index contributed by atoms with van der Waals surface area (Å²) in [6.45, 7) is 0.717. The Balaban J connectivity index is 0.00000225. The quantitative estimate of drug-likeness (QED) is 0.385. The summed E-state index contributed by atoms with van der Waals surface area (Å²) in [5.41, 5.74) is 1.16. The normalized spacial score (nSPS) is 24.8. The summed E-state index contributed by atoms with van der Waals surface area (Å²) in [7, 11) is 1.85. The first-order valence-corrected chi connectivity index (χ1v) is 10.2. The number of hydrogen-bond donors (Lipinski definition) is 2. The molecular weight excluding hydrogens is 463 g/mol. The number of hydrogen-bond acceptors (Lipinski definition) is 3. The summed E-state index contributed by atoms with van der Waals surface area (Å²) in [4.78, 5) is 8.82. The van der Waals surface area contributed by atoms with Gasteiger partial charge in [0.05, 0.1) is 0 Å². The van der Waals surface area contributed by atoms with E-state index in [-0.39, 0.29) is 24.0 Å². The van der Waals surface area contributed by atoms with Crippen molar-refractivity contribution in [3.63, 3.8) is 0 Å². The van der Waals surface area contributed by atoms with Crippen molar-refractivity contribution in [3.05, 3.63) is 42.4 Å². The topological polar surface area (TPSA) is 67.1 Å². The molecule has 2 aromatic rings. The molecule has 0 aliphatic heterocycles. The third-order valence-electron chi connectivity index (χ3n) is 6.11. The molecule has 0 bridgehead atoms. The lowest BCUT2D eigenvalue weighted by molar-refractivity contribution is 0.150. The fourth-order valence-corrected chi connectivity index (χ4v) is 4.68. The zero-order valence-corrected chi connectivity index (χ0v) is 18.9. The van der Waals surface area contributed by atoms with Gasteiger partial charge in [0, 0.05) is 38.2 Å². The number of aromatic nitrogens is 3. The Morgan fingerprint density at radius 2 is 2.04 bits per heavy atom. The SMILES string of the molecule is CN=C(NCc1ccnc(-n2cccn2)c1)NC1CCC2CCCCC2C1.I. The summed E-state index contributed by atoms with van der Waals surface area (Å²) in [6, 6.07) is 6.54. The summed E-state index contributed by atoms with van der Waals surface area (Å²) in [6.07, 6.45) is 15.2. The maximum atomic E-state index is 4.43. The second-order valence-electron chi connectivity index (χ2n) is 7.86. The van der Waals surface area contributed by atoms with Crippen LogP contribution in [-0.4, -0.2) is 33.8 Å². The number of guanidine groups is 1. The largest absolute Gasteiger partial charge is 0.354 e. The van der Waals surface area contributed by atoms with Crippen molar-refractivity contribution >= 4 is 29.9 Å². The van der Waals surface area contributed by atoms with E-state index in [4.69, 9.17) is 0 Å². The molecule has 3 unspecified atom stereocenters. The van der Waals surface area contributed by atoms with Crippen LogP contribution in [0.3, 0.4) is 0 Å². The highest BCUT2D eigenvalue weighted by atomic mass is 127. The van der Waals surface area contributed by atoms with Gasteiger partial charge in [-0.05, 0) is 54.9 Å². The highest BCUT2D eigenvalue weighted by Crippen LogP contribution is 2.40. The van der Waals surface area contributed by atoms with Crippen LogP contribution in [0.2, 0.25) is 0 Å². The van der Waals surface area contributed by atoms with Crippen LogP contribution >= 0.6 is 24.0 Å². The Labute approximate surface area is 184 Å². The van der Waals surface area contributed by atoms with Gasteiger partial charge < -0.3 is 10.6 Å². The molecule has 152 valence electrons. The van der Waals surface area contributed by atoms with E-state index in [2.05, 4.69) is 31.8 Å². The van der Waals surface area contributed by atoms with E-state index in [0.717, 1.165) is 35.7 Å². The standard InChI is InChI=1S/C21H30N6.HI/c1-22-21(26-19-8-7-17-5-2-3-6-18(17)14-19)24-15-16-9-11-23-20(13-16)27-12-4-10-25-27;/h4,9-13,17-19H,2-3,5-8,14-15H2,1H3,(H2,22,24,26);1H. The average Bonchev–Trinajstić information content (AvgIpc) is 3.26. The molecule has 0 spiro atoms. The van der Waals surface area contributed by atoms with E-state index < -0.39 is 0 Å². The molecule has 0 radical (unpaired) electrons. The lowest BCUT2D eigenvalue weighted by Gasteiger charge is -2.39. The first-order chi connectivity index (χ1) is 13.3. The summed E-state index contributed by atoms with van der Waals surface area (Å²) in [5, 5.41) is 11.4. The number of halogens is 1. The van der Waals surface area contributed by atoms with Gasteiger partial charge in [-0.2, -0.15) is 5.10 Å². The maximum Gasteiger partial charge on any atom is 0.191 e. The molecule has 2 fully saturated rings. The van der Waals surface area contributed by atoms with E-state index in [1.54, 1.807) is 10.9 Å². The predicted molar refractivity (Wildman–Crippen MR) is 123 cm³/mol. The Morgan fingerprint density at radius 3 is 2.82 bits per heavy atom. The van der Waals surface area contributed by atoms with E-state index in [1.807, 2.05) is 31.6 Å². The van der Waals surface area contributed by atoms with Crippen molar-refractivity contribution in [2.45, 2.75) is 57.5 Å². The molecule has 0 saturated heterocycles. The van der Waals surface area contributed by atoms with Gasteiger partial charge >= 0.3 is 0 Å². The van der Waals surface area contributed by atoms with Gasteiger partial charge in [0.2, 0.25) is 0 Å². The van der Waals surface area contributed by atoms with Crippen molar-refractivity contribution in [1.82, 2.24) is 25.4 Å². The van der Waals surface area contributed by atoms with Crippen molar-refractivity contribution < 1.29 is 0 Å². The third-order valence-corrected chi connectivity index (χ3v) is 6.11. The number of fused-ring (bicyclic) bond motifs is 1. The number of nitrogens with one attached hydrogen (secondary N) is 2. The minimum Gasteiger partial charge on any atom is -0.354 e. The minimum absolute atomic E-state index is 0. The lowest BCUT2D eigenvalue weighted by atomic mass is 9.69. The Morgan fingerprint density at radius 1 is 1.18 bits per heavy atom. The molecule has 3 atom stereocenters. The van der Waals surface area contributed by atoms with Crippen LogP contribution in [0.4, 0.5) is 0 Å². The monoisotopic (exact) mass is 494 g/mol. The van der Waals surface area contributed by atoms with Crippen molar-refractivity contribution in [2.75, 3.05) is 7.05 Å². The molecule has 2 aliphatic carbocycles. The van der Waals surface area contributed by atoms with Crippen molar-refractivity contribution in [1.29, 1.82) is 0 Å². The van der Waals surface area contributed by atoms with Gasteiger partial charge in [0.25, 0.3) is 0 Å². The number of rotatable bonds is 4. The maximum absolute atomic E-state index is 4.43. The number of aliphatic imine (C=N–C) groups is 1. The molecule has 0 aromatic carbocycles. The fourth-order valence-electron chi connectivity index (χ4n) is 4.68. The van der Waals surface area contributed by atoms with Gasteiger partial charge in [0.15, 0.2) is 11.8 Å². The molecule has 4 rings (SSSR count). The van der Waals surface area contributed by atoms with Gasteiger partial charge in [-0.25, -0.2) is 9.67 Å². The molecule has 28 heavy (non-hydrogen) atoms. The molecule has 2 N–H and O–H groups in total. The van der Waals surface area contributed by atoms with Gasteiger partial charge in [-0.3, -0.25) is 4.99 Å². The van der Waals surface area contributed by atoms with E-state index in [1.165, 1.54) is 44.9 Å². The zero-order valence-electron chi connectivity index (χ0n) is 16.6. The average molecular weight is 494 g/mol. The number of pyridine rings is 1. The van der Waals surface area contributed by atoms with Crippen LogP contribution < -0.4 is 10.6 Å². The van der Waals surface area contributed by atoms with Crippen LogP contribution in [0.5, 0.6) is 0 Å². The zero-order chi connectivity index (χ0) is 18.5. The minimum atomic E-state index is 0. The van der Waals surface area contributed by atoms with Crippen molar-refractivity contribution in [2.24, 2.45) is 16.8 Å². The summed E-state index contributed by atoms with van der Waals surface area (Å²) < 4.78 is 1.78. The lowest BCUT2D eigenvalue weighted by Crippen LogP contribution is -2.46. The molecule has 0 amide bonds. The van der Waals surface area contributed by atoms with E-state index >= 15 is 0 Å². The summed E-state index contributed by atoms with van der Waals surface area (Å²) >= 11 is 0. The van der Waals surface area contributed by atoms with Gasteiger partial charge in [0.1, 0.15) is 0 Å². The Bertz CT molecular complexity index is 760. The van der Waals surface area contributed by atoms with E-state index in [0.29, 0.717) is 6.04 Å². The smallest absolute Gasteiger partial charge is 0.191 e. The number of nitrogens with zero attached hydrogens (tertiary/aromatic N) is 4. The van der Waals surface area contributed by atoms with Crippen LogP contribution in [-0.2, 0) is 6.54 Å². The van der Waals surface area contributed by atoms with Gasteiger partial charge in [-0.15, -0.1) is 24.0 Å². The molecule has 7 heteroatoms. The fraction of sp³-hybridized carbons (Fsp3) is 0.571.